The van der Waals surface area contributed by atoms with Crippen molar-refractivity contribution in [2.45, 2.75) is 25.7 Å². The van der Waals surface area contributed by atoms with E-state index in [4.69, 9.17) is 9.47 Å². The highest BCUT2D eigenvalue weighted by Crippen LogP contribution is 2.34. The fourth-order valence-electron chi connectivity index (χ4n) is 2.27. The third-order valence-electron chi connectivity index (χ3n) is 3.45. The average molecular weight is 408 g/mol. The highest BCUT2D eigenvalue weighted by Gasteiger charge is 2.27. The number of ether oxygens (including phenoxy) is 2. The van der Waals surface area contributed by atoms with Crippen LogP contribution in [0.5, 0.6) is 0 Å². The zero-order chi connectivity index (χ0) is 19.8. The van der Waals surface area contributed by atoms with Crippen molar-refractivity contribution in [2.75, 3.05) is 24.3 Å². The van der Waals surface area contributed by atoms with Crippen LogP contribution in [0.4, 0.5) is 5.00 Å². The Bertz CT molecular complexity index is 817. The summed E-state index contributed by atoms with van der Waals surface area (Å²) in [4.78, 5) is 38.0. The molecule has 144 valence electrons. The number of thioether (sulfide) groups is 1. The van der Waals surface area contributed by atoms with Crippen molar-refractivity contribution < 1.29 is 23.9 Å². The van der Waals surface area contributed by atoms with E-state index in [2.05, 4.69) is 5.32 Å². The summed E-state index contributed by atoms with van der Waals surface area (Å²) in [5.74, 6) is -1.19. The molecule has 0 aliphatic heterocycles. The summed E-state index contributed by atoms with van der Waals surface area (Å²) in [7, 11) is 0. The van der Waals surface area contributed by atoms with Crippen molar-refractivity contribution >= 4 is 45.9 Å². The van der Waals surface area contributed by atoms with Crippen molar-refractivity contribution in [3.63, 3.8) is 0 Å². The van der Waals surface area contributed by atoms with Crippen molar-refractivity contribution in [3.8, 4) is 0 Å². The van der Waals surface area contributed by atoms with E-state index in [0.717, 1.165) is 16.2 Å². The summed E-state index contributed by atoms with van der Waals surface area (Å²) in [6, 6.07) is 9.52. The first kappa shape index (κ1) is 21.0. The minimum Gasteiger partial charge on any atom is -0.462 e. The molecule has 0 radical (unpaired) electrons. The zero-order valence-corrected chi connectivity index (χ0v) is 17.0. The molecule has 2 rings (SSSR count). The molecule has 0 saturated heterocycles. The lowest BCUT2D eigenvalue weighted by Gasteiger charge is -2.07. The molecule has 27 heavy (non-hydrogen) atoms. The van der Waals surface area contributed by atoms with E-state index < -0.39 is 11.9 Å². The molecule has 8 heteroatoms. The van der Waals surface area contributed by atoms with Crippen LogP contribution in [0.15, 0.2) is 35.2 Å². The van der Waals surface area contributed by atoms with Gasteiger partial charge >= 0.3 is 11.9 Å². The molecule has 1 amide bonds. The second kappa shape index (κ2) is 10.1. The average Bonchev–Trinajstić information content (AvgIpc) is 2.97. The topological polar surface area (TPSA) is 81.7 Å². The summed E-state index contributed by atoms with van der Waals surface area (Å²) in [6.07, 6.45) is 0. The second-order valence-corrected chi connectivity index (χ2v) is 7.42. The van der Waals surface area contributed by atoms with Crippen LogP contribution in [0.25, 0.3) is 0 Å². The van der Waals surface area contributed by atoms with Crippen LogP contribution in [-0.2, 0) is 14.3 Å². The number of rotatable bonds is 8. The van der Waals surface area contributed by atoms with Crippen LogP contribution in [0.3, 0.4) is 0 Å². The van der Waals surface area contributed by atoms with Crippen molar-refractivity contribution in [1.82, 2.24) is 0 Å². The lowest BCUT2D eigenvalue weighted by molar-refractivity contribution is -0.113. The van der Waals surface area contributed by atoms with Gasteiger partial charge in [-0.1, -0.05) is 18.2 Å². The fourth-order valence-corrected chi connectivity index (χ4v) is 4.09. The van der Waals surface area contributed by atoms with Gasteiger partial charge in [0.2, 0.25) is 5.91 Å². The Morgan fingerprint density at radius 2 is 1.67 bits per heavy atom. The number of nitrogens with one attached hydrogen (secondary N) is 1. The maximum Gasteiger partial charge on any atom is 0.348 e. The van der Waals surface area contributed by atoms with E-state index in [1.807, 2.05) is 30.3 Å². The van der Waals surface area contributed by atoms with E-state index in [1.165, 1.54) is 11.8 Å². The van der Waals surface area contributed by atoms with Gasteiger partial charge in [0.1, 0.15) is 9.88 Å². The summed E-state index contributed by atoms with van der Waals surface area (Å²) in [5, 5.41) is 3.03. The van der Waals surface area contributed by atoms with Crippen LogP contribution in [-0.4, -0.2) is 36.8 Å². The lowest BCUT2D eigenvalue weighted by atomic mass is 10.1. The van der Waals surface area contributed by atoms with Gasteiger partial charge in [0.05, 0.1) is 24.5 Å². The molecule has 1 N–H and O–H groups in total. The van der Waals surface area contributed by atoms with Crippen molar-refractivity contribution in [2.24, 2.45) is 0 Å². The van der Waals surface area contributed by atoms with Crippen LogP contribution in [0.1, 0.15) is 39.4 Å². The third kappa shape index (κ3) is 5.58. The molecule has 0 fully saturated rings. The Balaban J connectivity index is 2.20. The van der Waals surface area contributed by atoms with Crippen LogP contribution >= 0.6 is 23.1 Å². The maximum atomic E-state index is 12.3. The van der Waals surface area contributed by atoms with Gasteiger partial charge in [-0.05, 0) is 38.5 Å². The van der Waals surface area contributed by atoms with Crippen LogP contribution in [0, 0.1) is 6.92 Å². The molecule has 0 saturated carbocycles. The number of anilines is 1. The molecule has 0 atom stereocenters. The Morgan fingerprint density at radius 3 is 2.30 bits per heavy atom. The van der Waals surface area contributed by atoms with Gasteiger partial charge in [0.15, 0.2) is 0 Å². The molecule has 0 unspecified atom stereocenters. The number of esters is 2. The predicted octanol–water partition coefficient (Wildman–Crippen LogP) is 4.14. The fraction of sp³-hybridized carbons (Fsp3) is 0.316. The minimum atomic E-state index is -0.576. The molecule has 2 aromatic rings. The number of carbonyl (C=O) groups excluding carboxylic acids is 3. The largest absolute Gasteiger partial charge is 0.462 e. The van der Waals surface area contributed by atoms with Crippen molar-refractivity contribution in [1.29, 1.82) is 0 Å². The maximum absolute atomic E-state index is 12.3. The monoisotopic (exact) mass is 407 g/mol. The van der Waals surface area contributed by atoms with E-state index in [0.29, 0.717) is 10.6 Å². The molecule has 0 spiro atoms. The normalized spacial score (nSPS) is 10.3. The van der Waals surface area contributed by atoms with E-state index in [9.17, 15) is 14.4 Å². The lowest BCUT2D eigenvalue weighted by Crippen LogP contribution is -2.16. The Hall–Kier alpha value is -2.32. The number of carbonyl (C=O) groups is 3. The number of benzene rings is 1. The summed E-state index contributed by atoms with van der Waals surface area (Å²) >= 11 is 2.40. The van der Waals surface area contributed by atoms with E-state index in [1.54, 1.807) is 20.8 Å². The smallest absolute Gasteiger partial charge is 0.348 e. The highest BCUT2D eigenvalue weighted by molar-refractivity contribution is 8.00. The molecule has 1 aromatic heterocycles. The highest BCUT2D eigenvalue weighted by atomic mass is 32.2. The van der Waals surface area contributed by atoms with Gasteiger partial charge in [0, 0.05) is 4.90 Å². The first-order valence-electron chi connectivity index (χ1n) is 8.43. The van der Waals surface area contributed by atoms with Crippen LogP contribution in [0.2, 0.25) is 0 Å². The molecule has 0 aliphatic rings. The molecule has 1 aromatic carbocycles. The molecule has 0 bridgehead atoms. The first-order valence-corrected chi connectivity index (χ1v) is 10.2. The first-order chi connectivity index (χ1) is 13.0. The van der Waals surface area contributed by atoms with E-state index in [-0.39, 0.29) is 35.3 Å². The third-order valence-corrected chi connectivity index (χ3v) is 5.65. The molecular formula is C19H21NO5S2. The molecule has 6 nitrogen and oxygen atoms in total. The zero-order valence-electron chi connectivity index (χ0n) is 15.4. The second-order valence-electron chi connectivity index (χ2n) is 5.35. The molecular weight excluding hydrogens is 386 g/mol. The van der Waals surface area contributed by atoms with Gasteiger partial charge < -0.3 is 14.8 Å². The molecule has 0 aliphatic carbocycles. The summed E-state index contributed by atoms with van der Waals surface area (Å²) in [5.41, 5.74) is 0.644. The number of thiophene rings is 1. The Morgan fingerprint density at radius 1 is 1.04 bits per heavy atom. The van der Waals surface area contributed by atoms with Gasteiger partial charge in [0.25, 0.3) is 0 Å². The number of amides is 1. The standard InChI is InChI=1S/C19H21NO5S2/c1-4-24-18(22)15-12(3)16(19(23)25-5-2)27-17(15)20-14(21)11-26-13-9-7-6-8-10-13/h6-10H,4-5,11H2,1-3H3,(H,20,21). The number of hydrogen-bond donors (Lipinski definition) is 1. The van der Waals surface area contributed by atoms with Gasteiger partial charge in [-0.2, -0.15) is 0 Å². The minimum absolute atomic E-state index is 0.179. The van der Waals surface area contributed by atoms with Crippen molar-refractivity contribution in [3.05, 3.63) is 46.3 Å². The van der Waals surface area contributed by atoms with E-state index >= 15 is 0 Å². The molecule has 1 heterocycles. The van der Waals surface area contributed by atoms with Gasteiger partial charge in [-0.3, -0.25) is 4.79 Å². The van der Waals surface area contributed by atoms with Gasteiger partial charge in [-0.25, -0.2) is 9.59 Å². The van der Waals surface area contributed by atoms with Gasteiger partial charge in [-0.15, -0.1) is 23.1 Å². The summed E-state index contributed by atoms with van der Waals surface area (Å²) < 4.78 is 10.1. The quantitative estimate of drug-likeness (QED) is 0.523. The Labute approximate surface area is 166 Å². The number of hydrogen-bond acceptors (Lipinski definition) is 7. The summed E-state index contributed by atoms with van der Waals surface area (Å²) in [6.45, 7) is 5.46. The SMILES string of the molecule is CCOC(=O)c1sc(NC(=O)CSc2ccccc2)c(C(=O)OCC)c1C. The Kier molecular flexibility index (Phi) is 7.87. The van der Waals surface area contributed by atoms with Crippen LogP contribution < -0.4 is 5.32 Å². The predicted molar refractivity (Wildman–Crippen MR) is 107 cm³/mol.